The van der Waals surface area contributed by atoms with Crippen molar-refractivity contribution < 1.29 is 5.11 Å². The fourth-order valence-electron chi connectivity index (χ4n) is 3.17. The van der Waals surface area contributed by atoms with Crippen LogP contribution in [0.3, 0.4) is 0 Å². The summed E-state index contributed by atoms with van der Waals surface area (Å²) in [5.41, 5.74) is 3.07. The molecule has 1 aliphatic carbocycles. The maximum absolute atomic E-state index is 9.14. The number of hydrogen-bond donors (Lipinski definition) is 2. The Bertz CT molecular complexity index is 389. The van der Waals surface area contributed by atoms with E-state index in [0.717, 1.165) is 13.0 Å². The van der Waals surface area contributed by atoms with E-state index in [1.165, 1.54) is 30.4 Å². The number of aliphatic hydroxyl groups is 1. The van der Waals surface area contributed by atoms with Crippen molar-refractivity contribution in [3.63, 3.8) is 0 Å². The van der Waals surface area contributed by atoms with E-state index in [4.69, 9.17) is 5.11 Å². The quantitative estimate of drug-likeness (QED) is 0.824. The van der Waals surface area contributed by atoms with Crippen molar-refractivity contribution in [3.05, 3.63) is 35.4 Å². The smallest absolute Gasteiger partial charge is 0.0445 e. The Morgan fingerprint density at radius 3 is 2.84 bits per heavy atom. The van der Waals surface area contributed by atoms with Gasteiger partial charge in [0.05, 0.1) is 0 Å². The van der Waals surface area contributed by atoms with Crippen molar-refractivity contribution in [2.75, 3.05) is 13.2 Å². The second kappa shape index (κ2) is 7.06. The maximum Gasteiger partial charge on any atom is 0.0445 e. The summed E-state index contributed by atoms with van der Waals surface area (Å²) in [7, 11) is 0. The summed E-state index contributed by atoms with van der Waals surface area (Å²) in [6.45, 7) is 5.77. The van der Waals surface area contributed by atoms with Gasteiger partial charge in [0.25, 0.3) is 0 Å². The Hall–Kier alpha value is -0.860. The highest BCUT2D eigenvalue weighted by atomic mass is 16.3. The first kappa shape index (κ1) is 14.5. The maximum atomic E-state index is 9.14. The average molecular weight is 261 g/mol. The molecule has 2 N–H and O–H groups in total. The molecule has 106 valence electrons. The van der Waals surface area contributed by atoms with Crippen molar-refractivity contribution in [3.8, 4) is 0 Å². The number of benzene rings is 1. The molecule has 2 unspecified atom stereocenters. The van der Waals surface area contributed by atoms with E-state index in [1.807, 2.05) is 0 Å². The molecule has 1 aromatic rings. The van der Waals surface area contributed by atoms with Crippen molar-refractivity contribution in [1.29, 1.82) is 0 Å². The molecule has 0 fully saturated rings. The van der Waals surface area contributed by atoms with Crippen LogP contribution in [0.1, 0.15) is 50.2 Å². The SMILES string of the molecule is CC(C)C(CCO)NCC1CCCc2ccccc21. The average Bonchev–Trinajstić information content (AvgIpc) is 2.43. The second-order valence-electron chi connectivity index (χ2n) is 6.06. The van der Waals surface area contributed by atoms with Crippen LogP contribution in [-0.4, -0.2) is 24.3 Å². The van der Waals surface area contributed by atoms with Crippen LogP contribution in [0, 0.1) is 5.92 Å². The molecular formula is C17H27NO. The molecule has 0 aliphatic heterocycles. The molecule has 0 aromatic heterocycles. The normalized spacial score (nSPS) is 20.3. The van der Waals surface area contributed by atoms with Gasteiger partial charge in [-0.2, -0.15) is 0 Å². The second-order valence-corrected chi connectivity index (χ2v) is 6.06. The van der Waals surface area contributed by atoms with Crippen LogP contribution >= 0.6 is 0 Å². The van der Waals surface area contributed by atoms with Gasteiger partial charge in [0.1, 0.15) is 0 Å². The zero-order valence-corrected chi connectivity index (χ0v) is 12.2. The van der Waals surface area contributed by atoms with Crippen LogP contribution in [-0.2, 0) is 6.42 Å². The first-order valence-electron chi connectivity index (χ1n) is 7.64. The van der Waals surface area contributed by atoms with Gasteiger partial charge in [-0.25, -0.2) is 0 Å². The molecule has 2 nitrogen and oxygen atoms in total. The predicted molar refractivity (Wildman–Crippen MR) is 80.5 cm³/mol. The van der Waals surface area contributed by atoms with E-state index >= 15 is 0 Å². The number of aliphatic hydroxyl groups excluding tert-OH is 1. The highest BCUT2D eigenvalue weighted by Crippen LogP contribution is 2.31. The molecule has 0 amide bonds. The predicted octanol–water partition coefficient (Wildman–Crippen LogP) is 3.10. The molecule has 2 atom stereocenters. The van der Waals surface area contributed by atoms with Gasteiger partial charge in [0.15, 0.2) is 0 Å². The third-order valence-corrected chi connectivity index (χ3v) is 4.36. The lowest BCUT2D eigenvalue weighted by atomic mass is 9.82. The summed E-state index contributed by atoms with van der Waals surface area (Å²) < 4.78 is 0. The van der Waals surface area contributed by atoms with E-state index in [-0.39, 0.29) is 6.61 Å². The minimum absolute atomic E-state index is 0.275. The monoisotopic (exact) mass is 261 g/mol. The van der Waals surface area contributed by atoms with Crippen molar-refractivity contribution in [1.82, 2.24) is 5.32 Å². The third kappa shape index (κ3) is 3.80. The summed E-state index contributed by atoms with van der Waals surface area (Å²) in [6.07, 6.45) is 4.67. The van der Waals surface area contributed by atoms with Crippen LogP contribution in [0.15, 0.2) is 24.3 Å². The number of fused-ring (bicyclic) bond motifs is 1. The van der Waals surface area contributed by atoms with E-state index in [1.54, 1.807) is 0 Å². The van der Waals surface area contributed by atoms with Crippen molar-refractivity contribution in [2.24, 2.45) is 5.92 Å². The topological polar surface area (TPSA) is 32.3 Å². The number of hydrogen-bond acceptors (Lipinski definition) is 2. The fourth-order valence-corrected chi connectivity index (χ4v) is 3.17. The van der Waals surface area contributed by atoms with Crippen LogP contribution in [0.4, 0.5) is 0 Å². The van der Waals surface area contributed by atoms with Gasteiger partial charge in [-0.1, -0.05) is 38.1 Å². The molecule has 2 heteroatoms. The first-order chi connectivity index (χ1) is 9.22. The molecule has 0 bridgehead atoms. The van der Waals surface area contributed by atoms with Gasteiger partial charge in [-0.15, -0.1) is 0 Å². The third-order valence-electron chi connectivity index (χ3n) is 4.36. The molecule has 19 heavy (non-hydrogen) atoms. The Kier molecular flexibility index (Phi) is 5.41. The molecule has 0 heterocycles. The van der Waals surface area contributed by atoms with Crippen molar-refractivity contribution in [2.45, 2.75) is 51.5 Å². The molecule has 2 rings (SSSR count). The first-order valence-corrected chi connectivity index (χ1v) is 7.64. The Balaban J connectivity index is 1.97. The van der Waals surface area contributed by atoms with E-state index in [2.05, 4.69) is 43.4 Å². The van der Waals surface area contributed by atoms with Gasteiger partial charge in [0.2, 0.25) is 0 Å². The highest BCUT2D eigenvalue weighted by molar-refractivity contribution is 5.32. The van der Waals surface area contributed by atoms with Crippen LogP contribution in [0.2, 0.25) is 0 Å². The number of nitrogens with one attached hydrogen (secondary N) is 1. The summed E-state index contributed by atoms with van der Waals surface area (Å²) in [6, 6.07) is 9.30. The van der Waals surface area contributed by atoms with Gasteiger partial charge in [-0.3, -0.25) is 0 Å². The van der Waals surface area contributed by atoms with E-state index < -0.39 is 0 Å². The van der Waals surface area contributed by atoms with Gasteiger partial charge >= 0.3 is 0 Å². The molecular weight excluding hydrogens is 234 g/mol. The van der Waals surface area contributed by atoms with Crippen molar-refractivity contribution >= 4 is 0 Å². The Morgan fingerprint density at radius 1 is 1.32 bits per heavy atom. The Labute approximate surface area is 117 Å². The minimum Gasteiger partial charge on any atom is -0.396 e. The van der Waals surface area contributed by atoms with Crippen LogP contribution in [0.5, 0.6) is 0 Å². The lowest BCUT2D eigenvalue weighted by Gasteiger charge is -2.29. The standard InChI is InChI=1S/C17H27NO/c1-13(2)17(10-11-19)18-12-15-8-5-7-14-6-3-4-9-16(14)15/h3-4,6,9,13,15,17-19H,5,7-8,10-12H2,1-2H3. The highest BCUT2D eigenvalue weighted by Gasteiger charge is 2.21. The fraction of sp³-hybridized carbons (Fsp3) is 0.647. The summed E-state index contributed by atoms with van der Waals surface area (Å²) in [4.78, 5) is 0. The lowest BCUT2D eigenvalue weighted by molar-refractivity contribution is 0.242. The molecule has 0 saturated carbocycles. The van der Waals surface area contributed by atoms with E-state index in [9.17, 15) is 0 Å². The number of rotatable bonds is 6. The molecule has 0 radical (unpaired) electrons. The minimum atomic E-state index is 0.275. The molecule has 0 saturated heterocycles. The zero-order valence-electron chi connectivity index (χ0n) is 12.2. The largest absolute Gasteiger partial charge is 0.396 e. The number of aryl methyl sites for hydroxylation is 1. The van der Waals surface area contributed by atoms with Gasteiger partial charge < -0.3 is 10.4 Å². The van der Waals surface area contributed by atoms with Gasteiger partial charge in [0, 0.05) is 19.2 Å². The summed E-state index contributed by atoms with van der Waals surface area (Å²) >= 11 is 0. The lowest BCUT2D eigenvalue weighted by Crippen LogP contribution is -2.38. The zero-order chi connectivity index (χ0) is 13.7. The van der Waals surface area contributed by atoms with Gasteiger partial charge in [-0.05, 0) is 48.6 Å². The molecule has 1 aromatic carbocycles. The molecule has 1 aliphatic rings. The summed E-state index contributed by atoms with van der Waals surface area (Å²) in [5, 5.41) is 12.8. The summed E-state index contributed by atoms with van der Waals surface area (Å²) in [5.74, 6) is 1.22. The van der Waals surface area contributed by atoms with E-state index in [0.29, 0.717) is 17.9 Å². The molecule has 0 spiro atoms. The van der Waals surface area contributed by atoms with Crippen LogP contribution in [0.25, 0.3) is 0 Å². The van der Waals surface area contributed by atoms with Crippen LogP contribution < -0.4 is 5.32 Å². The Morgan fingerprint density at radius 2 is 2.11 bits per heavy atom.